The molecule has 0 aliphatic carbocycles. The number of nitrogens with zero attached hydrogens (tertiary/aromatic N) is 3. The van der Waals surface area contributed by atoms with Gasteiger partial charge in [-0.15, -0.1) is 0 Å². The number of imidazole rings is 1. The van der Waals surface area contributed by atoms with Crippen molar-refractivity contribution in [3.63, 3.8) is 0 Å². The highest BCUT2D eigenvalue weighted by atomic mass is 19.2. The molecule has 0 spiro atoms. The number of carbonyl (C=O) groups is 1. The number of pyridine rings is 1. The Morgan fingerprint density at radius 1 is 1.29 bits per heavy atom. The predicted molar refractivity (Wildman–Crippen MR) is 74.4 cm³/mol. The van der Waals surface area contributed by atoms with E-state index in [1.807, 2.05) is 0 Å². The van der Waals surface area contributed by atoms with Gasteiger partial charge in [-0.2, -0.15) is 4.39 Å². The SMILES string of the molecule is Cc1nc(C(N)=O)n2c(N3CCCCC3)c(F)c(F)cc12. The second-order valence-corrected chi connectivity index (χ2v) is 5.28. The molecular weight excluding hydrogens is 278 g/mol. The normalized spacial score (nSPS) is 15.7. The first-order valence-corrected chi connectivity index (χ1v) is 6.92. The Kier molecular flexibility index (Phi) is 3.27. The standard InChI is InChI=1S/C14H16F2N4O/c1-8-10-7-9(15)11(16)14(19-5-3-2-4-6-19)20(10)13(18-8)12(17)21/h7H,2-6H2,1H3,(H2,17,21). The lowest BCUT2D eigenvalue weighted by Gasteiger charge is -2.30. The van der Waals surface area contributed by atoms with E-state index in [0.717, 1.165) is 25.3 Å². The predicted octanol–water partition coefficient (Wildman–Crippen LogP) is 2.01. The summed E-state index contributed by atoms with van der Waals surface area (Å²) in [5.74, 6) is -2.70. The molecule has 2 aromatic rings. The fourth-order valence-electron chi connectivity index (χ4n) is 2.87. The maximum Gasteiger partial charge on any atom is 0.285 e. The molecular formula is C14H16F2N4O. The van der Waals surface area contributed by atoms with Crippen LogP contribution in [-0.2, 0) is 0 Å². The summed E-state index contributed by atoms with van der Waals surface area (Å²) in [5, 5.41) is 0. The van der Waals surface area contributed by atoms with Crippen molar-refractivity contribution in [1.82, 2.24) is 9.38 Å². The number of amides is 1. The van der Waals surface area contributed by atoms with Gasteiger partial charge in [0.2, 0.25) is 5.82 Å². The summed E-state index contributed by atoms with van der Waals surface area (Å²) in [5.41, 5.74) is 6.13. The van der Waals surface area contributed by atoms with Crippen LogP contribution in [0, 0.1) is 18.6 Å². The van der Waals surface area contributed by atoms with Crippen molar-refractivity contribution in [2.45, 2.75) is 26.2 Å². The molecule has 0 saturated carbocycles. The molecule has 1 saturated heterocycles. The lowest BCUT2D eigenvalue weighted by molar-refractivity contribution is 0.0990. The molecule has 0 radical (unpaired) electrons. The van der Waals surface area contributed by atoms with Gasteiger partial charge in [-0.05, 0) is 26.2 Å². The van der Waals surface area contributed by atoms with Gasteiger partial charge in [0, 0.05) is 19.2 Å². The Bertz CT molecular complexity index is 720. The Morgan fingerprint density at radius 2 is 1.95 bits per heavy atom. The zero-order valence-electron chi connectivity index (χ0n) is 11.7. The van der Waals surface area contributed by atoms with Gasteiger partial charge in [0.15, 0.2) is 17.5 Å². The van der Waals surface area contributed by atoms with Crippen LogP contribution < -0.4 is 10.6 Å². The second-order valence-electron chi connectivity index (χ2n) is 5.28. The summed E-state index contributed by atoms with van der Waals surface area (Å²) in [6, 6.07) is 1.05. The van der Waals surface area contributed by atoms with Gasteiger partial charge in [-0.25, -0.2) is 9.37 Å². The minimum atomic E-state index is -0.968. The van der Waals surface area contributed by atoms with Crippen molar-refractivity contribution in [1.29, 1.82) is 0 Å². The molecule has 1 aliphatic heterocycles. The van der Waals surface area contributed by atoms with E-state index in [0.29, 0.717) is 24.3 Å². The summed E-state index contributed by atoms with van der Waals surface area (Å²) in [4.78, 5) is 17.4. The molecule has 0 aromatic carbocycles. The number of nitrogens with two attached hydrogens (primary N) is 1. The van der Waals surface area contributed by atoms with Crippen LogP contribution in [0.25, 0.3) is 5.52 Å². The van der Waals surface area contributed by atoms with Crippen molar-refractivity contribution >= 4 is 17.2 Å². The molecule has 0 atom stereocenters. The number of anilines is 1. The van der Waals surface area contributed by atoms with E-state index in [-0.39, 0.29) is 11.6 Å². The Morgan fingerprint density at radius 3 is 2.57 bits per heavy atom. The van der Waals surface area contributed by atoms with Crippen molar-refractivity contribution < 1.29 is 13.6 Å². The highest BCUT2D eigenvalue weighted by Gasteiger charge is 2.26. The topological polar surface area (TPSA) is 63.6 Å². The smallest absolute Gasteiger partial charge is 0.285 e. The number of aromatic nitrogens is 2. The maximum atomic E-state index is 14.4. The van der Waals surface area contributed by atoms with Crippen LogP contribution in [0.4, 0.5) is 14.6 Å². The number of primary amides is 1. The van der Waals surface area contributed by atoms with Gasteiger partial charge >= 0.3 is 0 Å². The van der Waals surface area contributed by atoms with E-state index in [1.54, 1.807) is 11.8 Å². The van der Waals surface area contributed by atoms with Gasteiger partial charge in [-0.3, -0.25) is 9.20 Å². The minimum absolute atomic E-state index is 0.0408. The van der Waals surface area contributed by atoms with Crippen LogP contribution >= 0.6 is 0 Å². The molecule has 3 rings (SSSR count). The van der Waals surface area contributed by atoms with Crippen molar-refractivity contribution in [3.05, 3.63) is 29.2 Å². The van der Waals surface area contributed by atoms with E-state index < -0.39 is 17.5 Å². The number of hydrogen-bond donors (Lipinski definition) is 1. The highest BCUT2D eigenvalue weighted by molar-refractivity contribution is 5.91. The molecule has 0 unspecified atom stereocenters. The number of hydrogen-bond acceptors (Lipinski definition) is 3. The third kappa shape index (κ3) is 2.12. The largest absolute Gasteiger partial charge is 0.363 e. The first-order valence-electron chi connectivity index (χ1n) is 6.92. The molecule has 1 fully saturated rings. The second kappa shape index (κ2) is 4.98. The van der Waals surface area contributed by atoms with Crippen LogP contribution in [0.1, 0.15) is 35.6 Å². The van der Waals surface area contributed by atoms with E-state index in [2.05, 4.69) is 4.98 Å². The maximum absolute atomic E-state index is 14.4. The molecule has 7 heteroatoms. The molecule has 112 valence electrons. The zero-order chi connectivity index (χ0) is 15.1. The lowest BCUT2D eigenvalue weighted by Crippen LogP contribution is -2.33. The zero-order valence-corrected chi connectivity index (χ0v) is 11.7. The molecule has 3 heterocycles. The van der Waals surface area contributed by atoms with Gasteiger partial charge in [-0.1, -0.05) is 0 Å². The first-order chi connectivity index (χ1) is 10.0. The molecule has 0 bridgehead atoms. The Hall–Kier alpha value is -2.18. The fraction of sp³-hybridized carbons (Fsp3) is 0.429. The van der Waals surface area contributed by atoms with Crippen LogP contribution in [0.3, 0.4) is 0 Å². The van der Waals surface area contributed by atoms with Crippen LogP contribution in [0.2, 0.25) is 0 Å². The minimum Gasteiger partial charge on any atom is -0.363 e. The number of halogens is 2. The fourth-order valence-corrected chi connectivity index (χ4v) is 2.87. The van der Waals surface area contributed by atoms with E-state index in [9.17, 15) is 13.6 Å². The number of fused-ring (bicyclic) bond motifs is 1. The highest BCUT2D eigenvalue weighted by Crippen LogP contribution is 2.29. The molecule has 1 aliphatic rings. The van der Waals surface area contributed by atoms with E-state index in [4.69, 9.17) is 5.73 Å². The van der Waals surface area contributed by atoms with Crippen molar-refractivity contribution in [2.75, 3.05) is 18.0 Å². The van der Waals surface area contributed by atoms with Gasteiger partial charge in [0.1, 0.15) is 0 Å². The quantitative estimate of drug-likeness (QED) is 0.921. The average molecular weight is 294 g/mol. The summed E-state index contributed by atoms with van der Waals surface area (Å²) in [7, 11) is 0. The van der Waals surface area contributed by atoms with Crippen molar-refractivity contribution in [2.24, 2.45) is 5.73 Å². The third-order valence-electron chi connectivity index (χ3n) is 3.85. The molecule has 2 N–H and O–H groups in total. The first kappa shape index (κ1) is 13.8. The molecule has 5 nitrogen and oxygen atoms in total. The van der Waals surface area contributed by atoms with Crippen LogP contribution in [0.15, 0.2) is 6.07 Å². The molecule has 2 aromatic heterocycles. The molecule has 1 amide bonds. The summed E-state index contributed by atoms with van der Waals surface area (Å²) >= 11 is 0. The van der Waals surface area contributed by atoms with Gasteiger partial charge in [0.05, 0.1) is 11.2 Å². The third-order valence-corrected chi connectivity index (χ3v) is 3.85. The van der Waals surface area contributed by atoms with Crippen LogP contribution in [-0.4, -0.2) is 28.4 Å². The lowest BCUT2D eigenvalue weighted by atomic mass is 10.1. The summed E-state index contributed by atoms with van der Waals surface area (Å²) in [6.45, 7) is 2.87. The number of carbonyl (C=O) groups excluding carboxylic acids is 1. The summed E-state index contributed by atoms with van der Waals surface area (Å²) in [6.07, 6.45) is 2.86. The molecule has 21 heavy (non-hydrogen) atoms. The van der Waals surface area contributed by atoms with Gasteiger partial charge in [0.25, 0.3) is 5.91 Å². The number of piperidine rings is 1. The van der Waals surface area contributed by atoms with E-state index >= 15 is 0 Å². The average Bonchev–Trinajstić information content (AvgIpc) is 2.78. The van der Waals surface area contributed by atoms with E-state index in [1.165, 1.54) is 4.40 Å². The van der Waals surface area contributed by atoms with Crippen LogP contribution in [0.5, 0.6) is 0 Å². The number of aryl methyl sites for hydroxylation is 1. The summed E-state index contributed by atoms with van der Waals surface area (Å²) < 4.78 is 29.6. The number of rotatable bonds is 2. The Balaban J connectivity index is 2.33. The Labute approximate surface area is 120 Å². The monoisotopic (exact) mass is 294 g/mol. The van der Waals surface area contributed by atoms with Crippen molar-refractivity contribution in [3.8, 4) is 0 Å². The van der Waals surface area contributed by atoms with Gasteiger partial charge < -0.3 is 10.6 Å².